The highest BCUT2D eigenvalue weighted by atomic mass is 16.6. The summed E-state index contributed by atoms with van der Waals surface area (Å²) in [5.74, 6) is 1.07. The lowest BCUT2D eigenvalue weighted by molar-refractivity contribution is -0.0906. The van der Waals surface area contributed by atoms with Gasteiger partial charge in [-0.2, -0.15) is 5.10 Å². The van der Waals surface area contributed by atoms with Gasteiger partial charge in [-0.05, 0) is 12.8 Å². The van der Waals surface area contributed by atoms with Crippen molar-refractivity contribution in [3.63, 3.8) is 0 Å². The van der Waals surface area contributed by atoms with E-state index in [4.69, 9.17) is 9.47 Å². The molecule has 0 radical (unpaired) electrons. The van der Waals surface area contributed by atoms with Crippen LogP contribution in [0.5, 0.6) is 0 Å². The molecule has 0 saturated carbocycles. The molecule has 4 rings (SSSR count). The molecule has 2 saturated heterocycles. The fourth-order valence-electron chi connectivity index (χ4n) is 3.65. The van der Waals surface area contributed by atoms with Crippen LogP contribution < -0.4 is 0 Å². The van der Waals surface area contributed by atoms with Crippen LogP contribution in [0.3, 0.4) is 0 Å². The molecule has 2 aliphatic heterocycles. The van der Waals surface area contributed by atoms with Gasteiger partial charge >= 0.3 is 0 Å². The third-order valence-corrected chi connectivity index (χ3v) is 4.91. The molecule has 2 fully saturated rings. The quantitative estimate of drug-likeness (QED) is 0.810. The largest absolute Gasteiger partial charge is 0.377 e. The Kier molecular flexibility index (Phi) is 4.34. The summed E-state index contributed by atoms with van der Waals surface area (Å²) in [5.41, 5.74) is -0.215. The summed E-state index contributed by atoms with van der Waals surface area (Å²) in [7, 11) is 2.03. The van der Waals surface area contributed by atoms with Gasteiger partial charge in [0.1, 0.15) is 24.1 Å². The Morgan fingerprint density at radius 2 is 2.38 bits per heavy atom. The summed E-state index contributed by atoms with van der Waals surface area (Å²) in [6.07, 6.45) is 9.35. The normalized spacial score (nSPS) is 28.5. The van der Waals surface area contributed by atoms with Crippen molar-refractivity contribution in [2.24, 2.45) is 7.05 Å². The van der Waals surface area contributed by atoms with Crippen molar-refractivity contribution in [3.05, 3.63) is 30.9 Å². The van der Waals surface area contributed by atoms with Gasteiger partial charge < -0.3 is 14.0 Å². The number of hydrogen-bond donors (Lipinski definition) is 0. The molecule has 0 aliphatic carbocycles. The number of aromatic nitrogens is 5. The van der Waals surface area contributed by atoms with Crippen molar-refractivity contribution in [2.75, 3.05) is 26.3 Å². The van der Waals surface area contributed by atoms with Crippen molar-refractivity contribution in [1.29, 1.82) is 0 Å². The Hall–Kier alpha value is -1.77. The van der Waals surface area contributed by atoms with Gasteiger partial charge in [0.2, 0.25) is 0 Å². The van der Waals surface area contributed by atoms with E-state index in [-0.39, 0.29) is 11.7 Å². The van der Waals surface area contributed by atoms with Gasteiger partial charge in [-0.25, -0.2) is 9.97 Å². The van der Waals surface area contributed by atoms with Crippen LogP contribution in [-0.4, -0.2) is 67.2 Å². The third kappa shape index (κ3) is 3.35. The molecule has 2 atom stereocenters. The van der Waals surface area contributed by atoms with E-state index in [9.17, 15) is 0 Å². The number of aryl methyl sites for hydroxylation is 1. The molecular formula is C16H24N6O2. The molecule has 8 heteroatoms. The molecule has 4 heterocycles. The summed E-state index contributed by atoms with van der Waals surface area (Å²) in [4.78, 5) is 10.8. The number of hydrogen-bond acceptors (Lipinski definition) is 6. The Labute approximate surface area is 141 Å². The fourth-order valence-corrected chi connectivity index (χ4v) is 3.65. The minimum atomic E-state index is -0.215. The first-order valence-electron chi connectivity index (χ1n) is 8.49. The molecule has 0 aromatic carbocycles. The number of rotatable bonds is 4. The summed E-state index contributed by atoms with van der Waals surface area (Å²) >= 11 is 0. The Bertz CT molecular complexity index is 657. The zero-order valence-corrected chi connectivity index (χ0v) is 14.0. The van der Waals surface area contributed by atoms with Crippen LogP contribution in [0, 0.1) is 0 Å². The minimum Gasteiger partial charge on any atom is -0.377 e. The topological polar surface area (TPSA) is 70.2 Å². The van der Waals surface area contributed by atoms with E-state index in [1.807, 2.05) is 24.1 Å². The standard InChI is InChI=1S/C16H24N6O2/c1-20-5-4-18-15(20)9-21-6-7-23-11-16(10-21)3-2-14(24-16)8-22-13-17-12-19-22/h4-5,12-14H,2-3,6-11H2,1H3/t14-,16+/m1/s1. The first-order chi connectivity index (χ1) is 11.7. The molecular weight excluding hydrogens is 308 g/mol. The maximum absolute atomic E-state index is 6.44. The minimum absolute atomic E-state index is 0.170. The van der Waals surface area contributed by atoms with Gasteiger partial charge in [0.05, 0.1) is 32.4 Å². The molecule has 24 heavy (non-hydrogen) atoms. The lowest BCUT2D eigenvalue weighted by atomic mass is 10.00. The fraction of sp³-hybridized carbons (Fsp3) is 0.688. The first-order valence-corrected chi connectivity index (χ1v) is 8.49. The number of nitrogens with zero attached hydrogens (tertiary/aromatic N) is 6. The molecule has 130 valence electrons. The molecule has 1 spiro atoms. The van der Waals surface area contributed by atoms with Crippen LogP contribution in [-0.2, 0) is 29.6 Å². The molecule has 2 aromatic heterocycles. The van der Waals surface area contributed by atoms with Crippen molar-refractivity contribution in [2.45, 2.75) is 37.6 Å². The van der Waals surface area contributed by atoms with Crippen LogP contribution in [0.15, 0.2) is 25.0 Å². The van der Waals surface area contributed by atoms with Gasteiger partial charge in [0, 0.05) is 32.5 Å². The summed E-state index contributed by atoms with van der Waals surface area (Å²) in [5, 5.41) is 4.18. The molecule has 2 aliphatic rings. The molecule has 8 nitrogen and oxygen atoms in total. The smallest absolute Gasteiger partial charge is 0.137 e. The predicted molar refractivity (Wildman–Crippen MR) is 86.2 cm³/mol. The van der Waals surface area contributed by atoms with E-state index in [2.05, 4.69) is 24.5 Å². The van der Waals surface area contributed by atoms with Crippen LogP contribution in [0.4, 0.5) is 0 Å². The maximum Gasteiger partial charge on any atom is 0.137 e. The lowest BCUT2D eigenvalue weighted by Crippen LogP contribution is -2.44. The molecule has 0 N–H and O–H groups in total. The molecule has 0 amide bonds. The van der Waals surface area contributed by atoms with Gasteiger partial charge in [-0.15, -0.1) is 0 Å². The SMILES string of the molecule is Cn1ccnc1CN1CCOC[C@]2(CC[C@H](Cn3cncn3)O2)C1. The zero-order valence-electron chi connectivity index (χ0n) is 14.0. The highest BCUT2D eigenvalue weighted by Gasteiger charge is 2.43. The second-order valence-electron chi connectivity index (χ2n) is 6.80. The second-order valence-corrected chi connectivity index (χ2v) is 6.80. The maximum atomic E-state index is 6.44. The van der Waals surface area contributed by atoms with E-state index in [0.717, 1.165) is 51.5 Å². The van der Waals surface area contributed by atoms with E-state index in [1.54, 1.807) is 12.7 Å². The molecule has 0 bridgehead atoms. The summed E-state index contributed by atoms with van der Waals surface area (Å²) in [6, 6.07) is 0. The predicted octanol–water partition coefficient (Wildman–Crippen LogP) is 0.462. The summed E-state index contributed by atoms with van der Waals surface area (Å²) in [6.45, 7) is 4.77. The Balaban J connectivity index is 1.41. The average molecular weight is 332 g/mol. The second kappa shape index (κ2) is 6.62. The van der Waals surface area contributed by atoms with Crippen molar-refractivity contribution in [3.8, 4) is 0 Å². The van der Waals surface area contributed by atoms with Gasteiger partial charge in [0.25, 0.3) is 0 Å². The summed E-state index contributed by atoms with van der Waals surface area (Å²) < 4.78 is 16.2. The van der Waals surface area contributed by atoms with Crippen LogP contribution in [0.25, 0.3) is 0 Å². The monoisotopic (exact) mass is 332 g/mol. The average Bonchev–Trinajstić information content (AvgIpc) is 3.26. The Morgan fingerprint density at radius 3 is 3.17 bits per heavy atom. The third-order valence-electron chi connectivity index (χ3n) is 4.91. The van der Waals surface area contributed by atoms with E-state index >= 15 is 0 Å². The number of imidazole rings is 1. The van der Waals surface area contributed by atoms with Crippen LogP contribution >= 0.6 is 0 Å². The van der Waals surface area contributed by atoms with Crippen molar-refractivity contribution in [1.82, 2.24) is 29.2 Å². The van der Waals surface area contributed by atoms with Crippen LogP contribution in [0.2, 0.25) is 0 Å². The molecule has 2 aromatic rings. The van der Waals surface area contributed by atoms with Crippen LogP contribution in [0.1, 0.15) is 18.7 Å². The molecule has 0 unspecified atom stereocenters. The van der Waals surface area contributed by atoms with Gasteiger partial charge in [-0.3, -0.25) is 9.58 Å². The first kappa shape index (κ1) is 15.7. The highest BCUT2D eigenvalue weighted by Crippen LogP contribution is 2.33. The van der Waals surface area contributed by atoms with Gasteiger partial charge in [0.15, 0.2) is 0 Å². The number of ether oxygens (including phenoxy) is 2. The zero-order chi connectivity index (χ0) is 16.4. The lowest BCUT2D eigenvalue weighted by Gasteiger charge is -2.31. The van der Waals surface area contributed by atoms with E-state index < -0.39 is 0 Å². The highest BCUT2D eigenvalue weighted by molar-refractivity contribution is 4.96. The van der Waals surface area contributed by atoms with Gasteiger partial charge in [-0.1, -0.05) is 0 Å². The Morgan fingerprint density at radius 1 is 1.42 bits per heavy atom. The van der Waals surface area contributed by atoms with Crippen molar-refractivity contribution >= 4 is 0 Å². The van der Waals surface area contributed by atoms with E-state index in [1.165, 1.54) is 0 Å². The van der Waals surface area contributed by atoms with Crippen molar-refractivity contribution < 1.29 is 9.47 Å². The van der Waals surface area contributed by atoms with E-state index in [0.29, 0.717) is 6.61 Å².